The molecule has 1 fully saturated rings. The van der Waals surface area contributed by atoms with Crippen molar-refractivity contribution in [3.8, 4) is 5.75 Å². The topological polar surface area (TPSA) is 46.5 Å². The number of carboxylic acids is 1. The Morgan fingerprint density at radius 3 is 2.72 bits per heavy atom. The predicted molar refractivity (Wildman–Crippen MR) is 65.4 cm³/mol. The van der Waals surface area contributed by atoms with Gasteiger partial charge in [0.15, 0.2) is 0 Å². The lowest BCUT2D eigenvalue weighted by atomic mass is 9.87. The average Bonchev–Trinajstić information content (AvgIpc) is 3.13. The van der Waals surface area contributed by atoms with E-state index in [9.17, 15) is 9.18 Å². The van der Waals surface area contributed by atoms with Crippen molar-refractivity contribution in [2.45, 2.75) is 32.1 Å². The van der Waals surface area contributed by atoms with Gasteiger partial charge in [0.25, 0.3) is 0 Å². The molecule has 1 aliphatic rings. The number of hydrogen-bond donors (Lipinski definition) is 1. The van der Waals surface area contributed by atoms with Gasteiger partial charge in [0.2, 0.25) is 0 Å². The molecule has 3 nitrogen and oxygen atoms in total. The van der Waals surface area contributed by atoms with Crippen LogP contribution in [0.1, 0.15) is 36.3 Å². The molecule has 0 bridgehead atoms. The minimum atomic E-state index is -0.849. The van der Waals surface area contributed by atoms with E-state index >= 15 is 0 Å². The number of hydrogen-bond acceptors (Lipinski definition) is 2. The third-order valence-electron chi connectivity index (χ3n) is 3.59. The van der Waals surface area contributed by atoms with Crippen LogP contribution >= 0.6 is 0 Å². The number of carbonyl (C=O) groups is 1. The van der Waals surface area contributed by atoms with Crippen LogP contribution in [-0.4, -0.2) is 18.2 Å². The van der Waals surface area contributed by atoms with Gasteiger partial charge in [-0.05, 0) is 43.4 Å². The second-order valence-electron chi connectivity index (χ2n) is 4.83. The maximum atomic E-state index is 13.7. The Morgan fingerprint density at radius 2 is 2.22 bits per heavy atom. The van der Waals surface area contributed by atoms with Crippen molar-refractivity contribution in [1.29, 1.82) is 0 Å². The third kappa shape index (κ3) is 2.47. The van der Waals surface area contributed by atoms with Crippen LogP contribution in [0.4, 0.5) is 4.39 Å². The van der Waals surface area contributed by atoms with Gasteiger partial charge in [-0.25, -0.2) is 4.39 Å². The first kappa shape index (κ1) is 12.9. The van der Waals surface area contributed by atoms with Crippen LogP contribution in [-0.2, 0) is 4.79 Å². The van der Waals surface area contributed by atoms with Gasteiger partial charge >= 0.3 is 5.97 Å². The summed E-state index contributed by atoms with van der Waals surface area (Å²) >= 11 is 0. The zero-order chi connectivity index (χ0) is 13.3. The predicted octanol–water partition coefficient (Wildman–Crippen LogP) is 3.11. The van der Waals surface area contributed by atoms with Crippen LogP contribution in [0.5, 0.6) is 5.75 Å². The fraction of sp³-hybridized carbons (Fsp3) is 0.500. The molecule has 0 amide bonds. The Labute approximate surface area is 106 Å². The van der Waals surface area contributed by atoms with E-state index in [2.05, 4.69) is 0 Å². The summed E-state index contributed by atoms with van der Waals surface area (Å²) in [6.45, 7) is 1.68. The van der Waals surface area contributed by atoms with E-state index in [1.54, 1.807) is 13.0 Å². The summed E-state index contributed by atoms with van der Waals surface area (Å²) in [6.07, 6.45) is 2.05. The molecule has 0 spiro atoms. The van der Waals surface area contributed by atoms with Crippen LogP contribution in [0.25, 0.3) is 0 Å². The Bertz CT molecular complexity index is 466. The molecule has 4 heteroatoms. The summed E-state index contributed by atoms with van der Waals surface area (Å²) in [7, 11) is 1.53. The standard InChI is InChI=1S/C14H17FO3/c1-8-11(15)5-6-12(18-2)14(8)10(7-13(16)17)9-3-4-9/h5-6,9-10H,3-4,7H2,1-2H3,(H,16,17). The lowest BCUT2D eigenvalue weighted by Crippen LogP contribution is -2.12. The average molecular weight is 252 g/mol. The zero-order valence-corrected chi connectivity index (χ0v) is 10.6. The summed E-state index contributed by atoms with van der Waals surface area (Å²) in [5.41, 5.74) is 1.23. The summed E-state index contributed by atoms with van der Waals surface area (Å²) < 4.78 is 18.9. The molecule has 1 atom stereocenters. The molecule has 0 heterocycles. The number of aliphatic carboxylic acids is 1. The maximum Gasteiger partial charge on any atom is 0.303 e. The smallest absolute Gasteiger partial charge is 0.303 e. The highest BCUT2D eigenvalue weighted by Crippen LogP contribution is 2.48. The van der Waals surface area contributed by atoms with E-state index in [-0.39, 0.29) is 18.2 Å². The molecule has 18 heavy (non-hydrogen) atoms. The highest BCUT2D eigenvalue weighted by atomic mass is 19.1. The van der Waals surface area contributed by atoms with Gasteiger partial charge < -0.3 is 9.84 Å². The zero-order valence-electron chi connectivity index (χ0n) is 10.6. The Kier molecular flexibility index (Phi) is 3.55. The second kappa shape index (κ2) is 4.96. The van der Waals surface area contributed by atoms with Crippen molar-refractivity contribution in [2.24, 2.45) is 5.92 Å². The third-order valence-corrected chi connectivity index (χ3v) is 3.59. The molecule has 98 valence electrons. The first-order chi connectivity index (χ1) is 8.54. The molecule has 1 aromatic carbocycles. The number of benzene rings is 1. The largest absolute Gasteiger partial charge is 0.496 e. The molecule has 0 aromatic heterocycles. The minimum absolute atomic E-state index is 0.0331. The van der Waals surface area contributed by atoms with Gasteiger partial charge in [0.05, 0.1) is 13.5 Å². The first-order valence-electron chi connectivity index (χ1n) is 6.09. The lowest BCUT2D eigenvalue weighted by molar-refractivity contribution is -0.137. The molecule has 1 saturated carbocycles. The second-order valence-corrected chi connectivity index (χ2v) is 4.83. The SMILES string of the molecule is COc1ccc(F)c(C)c1C(CC(=O)O)C1CC1. The van der Waals surface area contributed by atoms with Crippen molar-refractivity contribution in [2.75, 3.05) is 7.11 Å². The monoisotopic (exact) mass is 252 g/mol. The fourth-order valence-corrected chi connectivity index (χ4v) is 2.51. The van der Waals surface area contributed by atoms with Gasteiger partial charge in [0.1, 0.15) is 11.6 Å². The van der Waals surface area contributed by atoms with E-state index in [0.717, 1.165) is 18.4 Å². The van der Waals surface area contributed by atoms with Crippen LogP contribution < -0.4 is 4.74 Å². The molecule has 1 aromatic rings. The van der Waals surface area contributed by atoms with E-state index in [1.165, 1.54) is 13.2 Å². The highest BCUT2D eigenvalue weighted by Gasteiger charge is 2.36. The quantitative estimate of drug-likeness (QED) is 0.875. The van der Waals surface area contributed by atoms with E-state index in [1.807, 2.05) is 0 Å². The summed E-state index contributed by atoms with van der Waals surface area (Å²) in [4.78, 5) is 11.0. The van der Waals surface area contributed by atoms with Crippen molar-refractivity contribution in [3.63, 3.8) is 0 Å². The summed E-state index contributed by atoms with van der Waals surface area (Å²) in [6, 6.07) is 2.94. The Hall–Kier alpha value is -1.58. The number of ether oxygens (including phenoxy) is 1. The Morgan fingerprint density at radius 1 is 1.56 bits per heavy atom. The summed E-state index contributed by atoms with van der Waals surface area (Å²) in [5, 5.41) is 9.01. The maximum absolute atomic E-state index is 13.7. The fourth-order valence-electron chi connectivity index (χ4n) is 2.51. The van der Waals surface area contributed by atoms with Gasteiger partial charge in [-0.1, -0.05) is 0 Å². The Balaban J connectivity index is 2.44. The molecule has 1 unspecified atom stereocenters. The van der Waals surface area contributed by atoms with Crippen LogP contribution in [0.15, 0.2) is 12.1 Å². The molecule has 0 saturated heterocycles. The number of methoxy groups -OCH3 is 1. The van der Waals surface area contributed by atoms with Crippen molar-refractivity contribution < 1.29 is 19.0 Å². The molecular formula is C14H17FO3. The van der Waals surface area contributed by atoms with Crippen LogP contribution in [0.2, 0.25) is 0 Å². The number of rotatable bonds is 5. The molecule has 1 aliphatic carbocycles. The summed E-state index contributed by atoms with van der Waals surface area (Å²) in [5.74, 6) is -0.366. The lowest BCUT2D eigenvalue weighted by Gasteiger charge is -2.20. The molecule has 1 N–H and O–H groups in total. The molecule has 2 rings (SSSR count). The van der Waals surface area contributed by atoms with Crippen molar-refractivity contribution in [1.82, 2.24) is 0 Å². The van der Waals surface area contributed by atoms with Crippen molar-refractivity contribution in [3.05, 3.63) is 29.1 Å². The van der Waals surface area contributed by atoms with Gasteiger partial charge in [-0.2, -0.15) is 0 Å². The number of carboxylic acid groups (broad SMARTS) is 1. The highest BCUT2D eigenvalue weighted by molar-refractivity contribution is 5.68. The van der Waals surface area contributed by atoms with Gasteiger partial charge in [0, 0.05) is 11.5 Å². The van der Waals surface area contributed by atoms with Crippen LogP contribution in [0.3, 0.4) is 0 Å². The van der Waals surface area contributed by atoms with E-state index < -0.39 is 5.97 Å². The normalized spacial score (nSPS) is 16.4. The molecule has 0 radical (unpaired) electrons. The first-order valence-corrected chi connectivity index (χ1v) is 6.09. The van der Waals surface area contributed by atoms with E-state index in [4.69, 9.17) is 9.84 Å². The molecular weight excluding hydrogens is 235 g/mol. The number of halogens is 1. The minimum Gasteiger partial charge on any atom is -0.496 e. The van der Waals surface area contributed by atoms with E-state index in [0.29, 0.717) is 17.2 Å². The van der Waals surface area contributed by atoms with Gasteiger partial charge in [-0.15, -0.1) is 0 Å². The molecule has 0 aliphatic heterocycles. The van der Waals surface area contributed by atoms with Gasteiger partial charge in [-0.3, -0.25) is 4.79 Å². The van der Waals surface area contributed by atoms with Crippen LogP contribution in [0, 0.1) is 18.7 Å². The van der Waals surface area contributed by atoms with Crippen molar-refractivity contribution >= 4 is 5.97 Å².